The van der Waals surface area contributed by atoms with Gasteiger partial charge in [0.15, 0.2) is 0 Å². The molecule has 1 amide bonds. The van der Waals surface area contributed by atoms with E-state index < -0.39 is 0 Å². The van der Waals surface area contributed by atoms with E-state index in [1.165, 1.54) is 0 Å². The van der Waals surface area contributed by atoms with Gasteiger partial charge in [0, 0.05) is 25.3 Å². The molecule has 0 unspecified atom stereocenters. The van der Waals surface area contributed by atoms with Crippen LogP contribution in [0.5, 0.6) is 5.88 Å². The maximum absolute atomic E-state index is 12.2. The number of pyridine rings is 1. The van der Waals surface area contributed by atoms with Gasteiger partial charge in [-0.25, -0.2) is 4.98 Å². The van der Waals surface area contributed by atoms with E-state index in [1.807, 2.05) is 23.1 Å². The van der Waals surface area contributed by atoms with Crippen molar-refractivity contribution in [1.82, 2.24) is 9.88 Å². The fourth-order valence-electron chi connectivity index (χ4n) is 3.63. The first-order valence-electron chi connectivity index (χ1n) is 9.05. The molecule has 1 spiro atoms. The number of nitrogens with zero attached hydrogens (tertiary/aromatic N) is 2. The number of rotatable bonds is 7. The van der Waals surface area contributed by atoms with Crippen LogP contribution in [0.25, 0.3) is 0 Å². The highest BCUT2D eigenvalue weighted by Gasteiger charge is 2.53. The molecular formula is C19H28N2O3. The van der Waals surface area contributed by atoms with Gasteiger partial charge >= 0.3 is 0 Å². The molecule has 2 saturated heterocycles. The van der Waals surface area contributed by atoms with E-state index >= 15 is 0 Å². The first-order chi connectivity index (χ1) is 11.6. The first-order valence-corrected chi connectivity index (χ1v) is 9.05. The van der Waals surface area contributed by atoms with Crippen LogP contribution in [-0.2, 0) is 9.53 Å². The molecule has 5 nitrogen and oxygen atoms in total. The summed E-state index contributed by atoms with van der Waals surface area (Å²) in [7, 11) is 0. The van der Waals surface area contributed by atoms with Gasteiger partial charge in [0.05, 0.1) is 19.7 Å². The van der Waals surface area contributed by atoms with Crippen molar-refractivity contribution in [3.63, 3.8) is 0 Å². The van der Waals surface area contributed by atoms with E-state index in [-0.39, 0.29) is 11.5 Å². The summed E-state index contributed by atoms with van der Waals surface area (Å²) in [5, 5.41) is 0. The Hall–Kier alpha value is -1.62. The third-order valence-electron chi connectivity index (χ3n) is 5.16. The number of ether oxygens (including phenoxy) is 2. The standard InChI is InChI=1S/C19H28N2O3/c1-15(2)6-7-18(22)21-13-19(14-21)16(9-12-24-19)8-11-23-17-5-3-4-10-20-17/h3-5,10,15-16H,6-9,11-14H2,1-2H3/t16-/m1/s1. The summed E-state index contributed by atoms with van der Waals surface area (Å²) < 4.78 is 11.8. The van der Waals surface area contributed by atoms with E-state index in [9.17, 15) is 4.79 Å². The molecule has 1 aromatic rings. The number of aromatic nitrogens is 1. The average molecular weight is 332 g/mol. The molecule has 0 N–H and O–H groups in total. The molecule has 3 heterocycles. The van der Waals surface area contributed by atoms with E-state index in [0.717, 1.165) is 39.0 Å². The first kappa shape index (κ1) is 17.2. The minimum atomic E-state index is -0.124. The van der Waals surface area contributed by atoms with Crippen LogP contribution in [0.15, 0.2) is 24.4 Å². The summed E-state index contributed by atoms with van der Waals surface area (Å²) in [6, 6.07) is 5.68. The SMILES string of the molecule is CC(C)CCC(=O)N1CC2(C1)OCC[C@H]2CCOc1ccccn1. The maximum atomic E-state index is 12.2. The van der Waals surface area contributed by atoms with Gasteiger partial charge in [-0.15, -0.1) is 0 Å². The molecular weight excluding hydrogens is 304 g/mol. The third-order valence-corrected chi connectivity index (χ3v) is 5.16. The molecule has 0 aromatic carbocycles. The van der Waals surface area contributed by atoms with Crippen molar-refractivity contribution in [2.75, 3.05) is 26.3 Å². The highest BCUT2D eigenvalue weighted by molar-refractivity contribution is 5.77. The van der Waals surface area contributed by atoms with Gasteiger partial charge in [-0.3, -0.25) is 4.79 Å². The van der Waals surface area contributed by atoms with Crippen LogP contribution in [0.4, 0.5) is 0 Å². The Balaban J connectivity index is 1.44. The Morgan fingerprint density at radius 2 is 2.29 bits per heavy atom. The number of carbonyl (C=O) groups is 1. The summed E-state index contributed by atoms with van der Waals surface area (Å²) in [4.78, 5) is 18.3. The summed E-state index contributed by atoms with van der Waals surface area (Å²) in [5.74, 6) is 1.98. The number of hydrogen-bond donors (Lipinski definition) is 0. The van der Waals surface area contributed by atoms with Gasteiger partial charge < -0.3 is 14.4 Å². The second-order valence-corrected chi connectivity index (χ2v) is 7.39. The highest BCUT2D eigenvalue weighted by atomic mass is 16.5. The average Bonchev–Trinajstić information content (AvgIpc) is 2.96. The predicted octanol–water partition coefficient (Wildman–Crippen LogP) is 2.90. The quantitative estimate of drug-likeness (QED) is 0.770. The van der Waals surface area contributed by atoms with Crippen molar-refractivity contribution < 1.29 is 14.3 Å². The lowest BCUT2D eigenvalue weighted by molar-refractivity contribution is -0.166. The summed E-state index contributed by atoms with van der Waals surface area (Å²) in [6.45, 7) is 7.25. The van der Waals surface area contributed by atoms with Crippen molar-refractivity contribution in [2.45, 2.75) is 45.1 Å². The molecule has 1 aromatic heterocycles. The lowest BCUT2D eigenvalue weighted by Crippen LogP contribution is -2.66. The monoisotopic (exact) mass is 332 g/mol. The summed E-state index contributed by atoms with van der Waals surface area (Å²) >= 11 is 0. The second kappa shape index (κ2) is 7.51. The topological polar surface area (TPSA) is 51.7 Å². The van der Waals surface area contributed by atoms with Crippen LogP contribution >= 0.6 is 0 Å². The fraction of sp³-hybridized carbons (Fsp3) is 0.684. The van der Waals surface area contributed by atoms with Crippen LogP contribution in [0.3, 0.4) is 0 Å². The Bertz CT molecular complexity index is 541. The molecule has 0 aliphatic carbocycles. The number of carbonyl (C=O) groups excluding carboxylic acids is 1. The normalized spacial score (nSPS) is 22.0. The second-order valence-electron chi connectivity index (χ2n) is 7.39. The molecule has 2 aliphatic rings. The van der Waals surface area contributed by atoms with Gasteiger partial charge in [0.1, 0.15) is 5.60 Å². The van der Waals surface area contributed by atoms with Gasteiger partial charge in [-0.1, -0.05) is 19.9 Å². The van der Waals surface area contributed by atoms with Crippen LogP contribution < -0.4 is 4.74 Å². The summed E-state index contributed by atoms with van der Waals surface area (Å²) in [6.07, 6.45) is 5.36. The molecule has 0 radical (unpaired) electrons. The molecule has 0 saturated carbocycles. The molecule has 1 atom stereocenters. The molecule has 2 fully saturated rings. The highest BCUT2D eigenvalue weighted by Crippen LogP contribution is 2.42. The van der Waals surface area contributed by atoms with Gasteiger partial charge in [-0.2, -0.15) is 0 Å². The van der Waals surface area contributed by atoms with Crippen LogP contribution in [0, 0.1) is 11.8 Å². The van der Waals surface area contributed by atoms with Crippen molar-refractivity contribution in [3.8, 4) is 5.88 Å². The fourth-order valence-corrected chi connectivity index (χ4v) is 3.63. The van der Waals surface area contributed by atoms with Gasteiger partial charge in [0.25, 0.3) is 0 Å². The Labute approximate surface area is 144 Å². The zero-order valence-corrected chi connectivity index (χ0v) is 14.7. The van der Waals surface area contributed by atoms with Crippen molar-refractivity contribution in [2.24, 2.45) is 11.8 Å². The molecule has 0 bridgehead atoms. The lowest BCUT2D eigenvalue weighted by atomic mass is 9.79. The maximum Gasteiger partial charge on any atom is 0.222 e. The van der Waals surface area contributed by atoms with Crippen LogP contribution in [0.2, 0.25) is 0 Å². The largest absolute Gasteiger partial charge is 0.478 e. The predicted molar refractivity (Wildman–Crippen MR) is 91.8 cm³/mol. The molecule has 3 rings (SSSR count). The minimum absolute atomic E-state index is 0.124. The molecule has 24 heavy (non-hydrogen) atoms. The zero-order chi connectivity index (χ0) is 17.0. The van der Waals surface area contributed by atoms with E-state index in [2.05, 4.69) is 18.8 Å². The number of hydrogen-bond acceptors (Lipinski definition) is 4. The van der Waals surface area contributed by atoms with E-state index in [4.69, 9.17) is 9.47 Å². The smallest absolute Gasteiger partial charge is 0.222 e. The molecule has 5 heteroatoms. The minimum Gasteiger partial charge on any atom is -0.478 e. The third kappa shape index (κ3) is 3.89. The Morgan fingerprint density at radius 1 is 1.46 bits per heavy atom. The van der Waals surface area contributed by atoms with Gasteiger partial charge in [0.2, 0.25) is 11.8 Å². The molecule has 132 valence electrons. The Morgan fingerprint density at radius 3 is 3.00 bits per heavy atom. The van der Waals surface area contributed by atoms with Crippen LogP contribution in [0.1, 0.15) is 39.5 Å². The number of likely N-dealkylation sites (tertiary alicyclic amines) is 1. The number of amides is 1. The van der Waals surface area contributed by atoms with Crippen molar-refractivity contribution in [1.29, 1.82) is 0 Å². The Kier molecular flexibility index (Phi) is 5.39. The van der Waals surface area contributed by atoms with Crippen molar-refractivity contribution >= 4 is 5.91 Å². The zero-order valence-electron chi connectivity index (χ0n) is 14.7. The van der Waals surface area contributed by atoms with Crippen molar-refractivity contribution in [3.05, 3.63) is 24.4 Å². The summed E-state index contributed by atoms with van der Waals surface area (Å²) in [5.41, 5.74) is -0.124. The van der Waals surface area contributed by atoms with Crippen LogP contribution in [-0.4, -0.2) is 47.7 Å². The van der Waals surface area contributed by atoms with Gasteiger partial charge in [-0.05, 0) is 37.2 Å². The lowest BCUT2D eigenvalue weighted by Gasteiger charge is -2.50. The van der Waals surface area contributed by atoms with E-state index in [1.54, 1.807) is 6.20 Å². The molecule has 2 aliphatic heterocycles. The van der Waals surface area contributed by atoms with E-state index in [0.29, 0.717) is 30.7 Å².